The van der Waals surface area contributed by atoms with Crippen LogP contribution in [-0.2, 0) is 16.0 Å². The van der Waals surface area contributed by atoms with Crippen molar-refractivity contribution in [2.24, 2.45) is 0 Å². The Morgan fingerprint density at radius 2 is 1.73 bits per heavy atom. The number of nitrogens with zero attached hydrogens (tertiary/aromatic N) is 3. The third-order valence-electron chi connectivity index (χ3n) is 3.36. The molecule has 0 bridgehead atoms. The highest BCUT2D eigenvalue weighted by atomic mass is 16.6. The van der Waals surface area contributed by atoms with Gasteiger partial charge in [0.2, 0.25) is 0 Å². The molecule has 1 aromatic rings. The first-order valence-electron chi connectivity index (χ1n) is 8.41. The molecule has 0 fully saturated rings. The Balaban J connectivity index is 2.26. The predicted octanol–water partition coefficient (Wildman–Crippen LogP) is 3.01. The van der Waals surface area contributed by atoms with E-state index in [2.05, 4.69) is 10.4 Å². The number of hydrogen-bond donors (Lipinski definition) is 1. The molecule has 0 saturated heterocycles. The second-order valence-corrected chi connectivity index (χ2v) is 8.22. The van der Waals surface area contributed by atoms with Crippen molar-refractivity contribution in [3.8, 4) is 0 Å². The van der Waals surface area contributed by atoms with Gasteiger partial charge in [-0.3, -0.25) is 14.8 Å². The van der Waals surface area contributed by atoms with E-state index in [0.717, 1.165) is 4.90 Å². The highest BCUT2D eigenvalue weighted by Crippen LogP contribution is 2.26. The Morgan fingerprint density at radius 1 is 1.15 bits per heavy atom. The zero-order valence-corrected chi connectivity index (χ0v) is 16.2. The lowest BCUT2D eigenvalue weighted by molar-refractivity contribution is 0.0130. The maximum Gasteiger partial charge on any atom is 0.417 e. The minimum atomic E-state index is -0.731. The zero-order chi connectivity index (χ0) is 19.9. The first kappa shape index (κ1) is 19.7. The summed E-state index contributed by atoms with van der Waals surface area (Å²) in [5.74, 6) is -0.582. The highest BCUT2D eigenvalue weighted by molar-refractivity contribution is 6.07. The molecule has 9 heteroatoms. The molecule has 0 saturated carbocycles. The van der Waals surface area contributed by atoms with Crippen LogP contribution in [0.3, 0.4) is 0 Å². The minimum Gasteiger partial charge on any atom is -0.444 e. The lowest BCUT2D eigenvalue weighted by Crippen LogP contribution is -2.51. The number of imide groups is 1. The standard InChI is InChI=1S/C17H26N4O5/c1-10-9-20-12(13(22)21(10)15(24)26-17(5,6)7)11(8-18-20)19-14(23)25-16(2,3)4/h8,10H,9H2,1-7H3,(H,19,23). The average molecular weight is 366 g/mol. The van der Waals surface area contributed by atoms with Crippen LogP contribution in [-0.4, -0.2) is 50.0 Å². The molecule has 9 nitrogen and oxygen atoms in total. The van der Waals surface area contributed by atoms with Gasteiger partial charge in [0.1, 0.15) is 11.2 Å². The van der Waals surface area contributed by atoms with Crippen LogP contribution in [0, 0.1) is 0 Å². The van der Waals surface area contributed by atoms with Gasteiger partial charge in [-0.1, -0.05) is 0 Å². The Morgan fingerprint density at radius 3 is 2.27 bits per heavy atom. The maximum absolute atomic E-state index is 12.9. The highest BCUT2D eigenvalue weighted by Gasteiger charge is 2.39. The normalized spacial score (nSPS) is 17.6. The van der Waals surface area contributed by atoms with E-state index in [-0.39, 0.29) is 11.4 Å². The summed E-state index contributed by atoms with van der Waals surface area (Å²) < 4.78 is 12.0. The Bertz CT molecular complexity index is 726. The van der Waals surface area contributed by atoms with Gasteiger partial charge in [0.15, 0.2) is 5.69 Å². The lowest BCUT2D eigenvalue weighted by atomic mass is 10.1. The fourth-order valence-corrected chi connectivity index (χ4v) is 2.47. The van der Waals surface area contributed by atoms with Crippen molar-refractivity contribution >= 4 is 23.8 Å². The molecular formula is C17H26N4O5. The number of anilines is 1. The number of ether oxygens (including phenoxy) is 2. The molecule has 1 N–H and O–H groups in total. The molecule has 1 atom stereocenters. The summed E-state index contributed by atoms with van der Waals surface area (Å²) in [6.07, 6.45) is -0.0724. The van der Waals surface area contributed by atoms with Crippen LogP contribution in [0.25, 0.3) is 0 Å². The molecule has 1 aliphatic heterocycles. The van der Waals surface area contributed by atoms with E-state index >= 15 is 0 Å². The quantitative estimate of drug-likeness (QED) is 0.819. The van der Waals surface area contributed by atoms with Gasteiger partial charge in [-0.2, -0.15) is 5.10 Å². The van der Waals surface area contributed by atoms with Crippen molar-refractivity contribution in [2.45, 2.75) is 72.3 Å². The molecule has 3 amide bonds. The van der Waals surface area contributed by atoms with Crippen LogP contribution in [0.5, 0.6) is 0 Å². The largest absolute Gasteiger partial charge is 0.444 e. The number of carbonyl (C=O) groups excluding carboxylic acids is 3. The summed E-state index contributed by atoms with van der Waals surface area (Å²) in [6, 6.07) is -0.431. The summed E-state index contributed by atoms with van der Waals surface area (Å²) in [6.45, 7) is 12.4. The van der Waals surface area contributed by atoms with E-state index in [9.17, 15) is 14.4 Å². The second kappa shape index (κ2) is 6.62. The summed E-state index contributed by atoms with van der Waals surface area (Å²) in [5.41, 5.74) is -1.12. The van der Waals surface area contributed by atoms with Crippen molar-refractivity contribution in [1.82, 2.24) is 14.7 Å². The molecule has 2 heterocycles. The molecule has 0 radical (unpaired) electrons. The maximum atomic E-state index is 12.9. The SMILES string of the molecule is CC1Cn2ncc(NC(=O)OC(C)(C)C)c2C(=O)N1C(=O)OC(C)(C)C. The number of rotatable bonds is 1. The van der Waals surface area contributed by atoms with Gasteiger partial charge < -0.3 is 9.47 Å². The summed E-state index contributed by atoms with van der Waals surface area (Å²) in [5, 5.41) is 6.64. The first-order chi connectivity index (χ1) is 11.8. The zero-order valence-electron chi connectivity index (χ0n) is 16.2. The number of hydrogen-bond acceptors (Lipinski definition) is 6. The van der Waals surface area contributed by atoms with E-state index < -0.39 is 35.3 Å². The number of amides is 3. The number of fused-ring (bicyclic) bond motifs is 1. The third kappa shape index (κ3) is 4.53. The van der Waals surface area contributed by atoms with Crippen molar-refractivity contribution in [3.63, 3.8) is 0 Å². The van der Waals surface area contributed by atoms with Gasteiger partial charge in [0.05, 0.1) is 24.5 Å². The molecule has 0 aromatic carbocycles. The van der Waals surface area contributed by atoms with Gasteiger partial charge in [0, 0.05) is 0 Å². The number of carbonyl (C=O) groups is 3. The van der Waals surface area contributed by atoms with Crippen LogP contribution >= 0.6 is 0 Å². The summed E-state index contributed by atoms with van der Waals surface area (Å²) >= 11 is 0. The Labute approximate surface area is 152 Å². The second-order valence-electron chi connectivity index (χ2n) is 8.22. The van der Waals surface area contributed by atoms with Crippen molar-refractivity contribution in [3.05, 3.63) is 11.9 Å². The molecule has 0 spiro atoms. The predicted molar refractivity (Wildman–Crippen MR) is 93.9 cm³/mol. The molecular weight excluding hydrogens is 340 g/mol. The van der Waals surface area contributed by atoms with E-state index in [1.54, 1.807) is 48.5 Å². The smallest absolute Gasteiger partial charge is 0.417 e. The fourth-order valence-electron chi connectivity index (χ4n) is 2.47. The molecule has 0 aliphatic carbocycles. The van der Waals surface area contributed by atoms with Gasteiger partial charge in [-0.05, 0) is 48.5 Å². The number of aromatic nitrogens is 2. The summed E-state index contributed by atoms with van der Waals surface area (Å²) in [7, 11) is 0. The molecule has 1 unspecified atom stereocenters. The van der Waals surface area contributed by atoms with Gasteiger partial charge >= 0.3 is 12.2 Å². The van der Waals surface area contributed by atoms with Crippen molar-refractivity contribution < 1.29 is 23.9 Å². The minimum absolute atomic E-state index is 0.111. The lowest BCUT2D eigenvalue weighted by Gasteiger charge is -2.33. The van der Waals surface area contributed by atoms with Gasteiger partial charge in [-0.15, -0.1) is 0 Å². The first-order valence-corrected chi connectivity index (χ1v) is 8.41. The van der Waals surface area contributed by atoms with Gasteiger partial charge in [0.25, 0.3) is 5.91 Å². The fraction of sp³-hybridized carbons (Fsp3) is 0.647. The van der Waals surface area contributed by atoms with Crippen LogP contribution in [0.15, 0.2) is 6.20 Å². The average Bonchev–Trinajstić information content (AvgIpc) is 2.76. The van der Waals surface area contributed by atoms with E-state index in [0.29, 0.717) is 6.54 Å². The van der Waals surface area contributed by atoms with E-state index in [4.69, 9.17) is 9.47 Å². The molecule has 144 valence electrons. The summed E-state index contributed by atoms with van der Waals surface area (Å²) in [4.78, 5) is 38.3. The molecule has 1 aromatic heterocycles. The Hall–Kier alpha value is -2.58. The third-order valence-corrected chi connectivity index (χ3v) is 3.36. The molecule has 2 rings (SSSR count). The molecule has 26 heavy (non-hydrogen) atoms. The van der Waals surface area contributed by atoms with Gasteiger partial charge in [-0.25, -0.2) is 14.5 Å². The van der Waals surface area contributed by atoms with E-state index in [1.165, 1.54) is 10.9 Å². The van der Waals surface area contributed by atoms with Crippen LogP contribution < -0.4 is 5.32 Å². The topological polar surface area (TPSA) is 103 Å². The van der Waals surface area contributed by atoms with Crippen LogP contribution in [0.1, 0.15) is 59.0 Å². The van der Waals surface area contributed by atoms with Crippen LogP contribution in [0.2, 0.25) is 0 Å². The Kier molecular flexibility index (Phi) is 5.03. The van der Waals surface area contributed by atoms with Crippen molar-refractivity contribution in [2.75, 3.05) is 5.32 Å². The van der Waals surface area contributed by atoms with E-state index in [1.807, 2.05) is 0 Å². The van der Waals surface area contributed by atoms with Crippen molar-refractivity contribution in [1.29, 1.82) is 0 Å². The molecule has 1 aliphatic rings. The number of nitrogens with one attached hydrogen (secondary N) is 1. The van der Waals surface area contributed by atoms with Crippen LogP contribution in [0.4, 0.5) is 15.3 Å². The monoisotopic (exact) mass is 366 g/mol.